The Morgan fingerprint density at radius 1 is 1.32 bits per heavy atom. The SMILES string of the molecule is C=Cc1c(OC(C)(C)C)cc(CCCCC)c(C(=O)O)c1OC(C)C. The lowest BCUT2D eigenvalue weighted by atomic mass is 9.96. The second-order valence-electron chi connectivity index (χ2n) is 7.50. The summed E-state index contributed by atoms with van der Waals surface area (Å²) in [5.74, 6) is -0.00652. The number of hydrogen-bond donors (Lipinski definition) is 1. The monoisotopic (exact) mass is 348 g/mol. The van der Waals surface area contributed by atoms with Crippen LogP contribution in [0.5, 0.6) is 11.5 Å². The van der Waals surface area contributed by atoms with Crippen molar-refractivity contribution in [2.45, 2.75) is 78.9 Å². The molecule has 1 aromatic carbocycles. The number of hydrogen-bond acceptors (Lipinski definition) is 3. The van der Waals surface area contributed by atoms with Crippen molar-refractivity contribution in [3.63, 3.8) is 0 Å². The van der Waals surface area contributed by atoms with Crippen LogP contribution in [0.2, 0.25) is 0 Å². The minimum Gasteiger partial charge on any atom is -0.489 e. The van der Waals surface area contributed by atoms with Gasteiger partial charge in [-0.15, -0.1) is 0 Å². The third kappa shape index (κ3) is 6.11. The number of aromatic carboxylic acids is 1. The number of ether oxygens (including phenoxy) is 2. The van der Waals surface area contributed by atoms with Crippen LogP contribution in [0.1, 0.15) is 82.3 Å². The minimum absolute atomic E-state index is 0.148. The summed E-state index contributed by atoms with van der Waals surface area (Å²) in [5, 5.41) is 9.80. The molecule has 25 heavy (non-hydrogen) atoms. The van der Waals surface area contributed by atoms with Crippen molar-refractivity contribution < 1.29 is 19.4 Å². The lowest BCUT2D eigenvalue weighted by Gasteiger charge is -2.26. The van der Waals surface area contributed by atoms with E-state index in [2.05, 4.69) is 13.5 Å². The molecule has 0 radical (unpaired) electrons. The predicted molar refractivity (Wildman–Crippen MR) is 103 cm³/mol. The van der Waals surface area contributed by atoms with Crippen LogP contribution in [-0.2, 0) is 6.42 Å². The van der Waals surface area contributed by atoms with Crippen LogP contribution in [0.4, 0.5) is 0 Å². The van der Waals surface area contributed by atoms with E-state index in [4.69, 9.17) is 9.47 Å². The Kier molecular flexibility index (Phi) is 7.53. The summed E-state index contributed by atoms with van der Waals surface area (Å²) in [5.41, 5.74) is 1.17. The maximum atomic E-state index is 12.0. The zero-order valence-electron chi connectivity index (χ0n) is 16.4. The highest BCUT2D eigenvalue weighted by atomic mass is 16.5. The highest BCUT2D eigenvalue weighted by molar-refractivity contribution is 5.95. The van der Waals surface area contributed by atoms with Gasteiger partial charge in [-0.3, -0.25) is 0 Å². The molecule has 1 N–H and O–H groups in total. The highest BCUT2D eigenvalue weighted by Crippen LogP contribution is 2.39. The van der Waals surface area contributed by atoms with E-state index in [-0.39, 0.29) is 11.7 Å². The van der Waals surface area contributed by atoms with Gasteiger partial charge in [-0.1, -0.05) is 32.4 Å². The van der Waals surface area contributed by atoms with Gasteiger partial charge < -0.3 is 14.6 Å². The predicted octanol–water partition coefficient (Wildman–Crippen LogP) is 5.73. The Balaban J connectivity index is 3.59. The fourth-order valence-electron chi connectivity index (χ4n) is 2.66. The first kappa shape index (κ1) is 21.1. The summed E-state index contributed by atoms with van der Waals surface area (Å²) < 4.78 is 12.0. The molecule has 0 unspecified atom stereocenters. The Hall–Kier alpha value is -1.97. The van der Waals surface area contributed by atoms with E-state index < -0.39 is 11.6 Å². The third-order valence-electron chi connectivity index (χ3n) is 3.60. The average Bonchev–Trinajstić information content (AvgIpc) is 2.44. The number of unbranched alkanes of at least 4 members (excludes halogenated alkanes) is 2. The molecule has 0 amide bonds. The van der Waals surface area contributed by atoms with Gasteiger partial charge in [0.2, 0.25) is 0 Å². The van der Waals surface area contributed by atoms with Crippen LogP contribution in [0, 0.1) is 0 Å². The van der Waals surface area contributed by atoms with E-state index in [1.807, 2.05) is 40.7 Å². The molecule has 0 heterocycles. The smallest absolute Gasteiger partial charge is 0.339 e. The quantitative estimate of drug-likeness (QED) is 0.579. The highest BCUT2D eigenvalue weighted by Gasteiger charge is 2.26. The third-order valence-corrected chi connectivity index (χ3v) is 3.60. The summed E-state index contributed by atoms with van der Waals surface area (Å²) in [6.07, 6.45) is 5.21. The van der Waals surface area contributed by atoms with Crippen molar-refractivity contribution in [1.82, 2.24) is 0 Å². The van der Waals surface area contributed by atoms with Crippen LogP contribution in [0.15, 0.2) is 12.6 Å². The minimum atomic E-state index is -0.979. The van der Waals surface area contributed by atoms with Crippen LogP contribution < -0.4 is 9.47 Å². The van der Waals surface area contributed by atoms with Crippen LogP contribution >= 0.6 is 0 Å². The van der Waals surface area contributed by atoms with Crippen molar-refractivity contribution >= 4 is 12.0 Å². The molecule has 140 valence electrons. The van der Waals surface area contributed by atoms with Crippen LogP contribution in [0.3, 0.4) is 0 Å². The van der Waals surface area contributed by atoms with Gasteiger partial charge in [0, 0.05) is 0 Å². The number of carbonyl (C=O) groups is 1. The zero-order chi connectivity index (χ0) is 19.2. The van der Waals surface area contributed by atoms with Crippen molar-refractivity contribution in [3.8, 4) is 11.5 Å². The van der Waals surface area contributed by atoms with Gasteiger partial charge >= 0.3 is 5.97 Å². The van der Waals surface area contributed by atoms with E-state index in [1.54, 1.807) is 6.08 Å². The van der Waals surface area contributed by atoms with Gasteiger partial charge in [0.25, 0.3) is 0 Å². The fraction of sp³-hybridized carbons (Fsp3) is 0.571. The Labute approximate surface area is 151 Å². The normalized spacial score (nSPS) is 11.5. The molecule has 1 aromatic rings. The topological polar surface area (TPSA) is 55.8 Å². The van der Waals surface area contributed by atoms with E-state index in [0.29, 0.717) is 23.5 Å². The summed E-state index contributed by atoms with van der Waals surface area (Å²) in [6, 6.07) is 1.84. The van der Waals surface area contributed by atoms with Gasteiger partial charge in [0.05, 0.1) is 11.7 Å². The molecule has 0 aliphatic carbocycles. The maximum absolute atomic E-state index is 12.0. The zero-order valence-corrected chi connectivity index (χ0v) is 16.4. The Morgan fingerprint density at radius 2 is 1.96 bits per heavy atom. The average molecular weight is 348 g/mol. The molecular weight excluding hydrogens is 316 g/mol. The van der Waals surface area contributed by atoms with E-state index in [1.165, 1.54) is 0 Å². The molecule has 0 aromatic heterocycles. The summed E-state index contributed by atoms with van der Waals surface area (Å²) in [6.45, 7) is 15.6. The number of aryl methyl sites for hydroxylation is 1. The second kappa shape index (κ2) is 8.93. The van der Waals surface area contributed by atoms with Crippen LogP contribution in [-0.4, -0.2) is 22.8 Å². The molecule has 0 fully saturated rings. The van der Waals surface area contributed by atoms with Gasteiger partial charge in [0.15, 0.2) is 0 Å². The molecule has 4 nitrogen and oxygen atoms in total. The molecule has 0 spiro atoms. The number of rotatable bonds is 9. The summed E-state index contributed by atoms with van der Waals surface area (Å²) >= 11 is 0. The lowest BCUT2D eigenvalue weighted by molar-refractivity contribution is 0.0688. The van der Waals surface area contributed by atoms with Crippen molar-refractivity contribution in [3.05, 3.63) is 29.3 Å². The van der Waals surface area contributed by atoms with Gasteiger partial charge in [-0.05, 0) is 59.1 Å². The van der Waals surface area contributed by atoms with E-state index in [9.17, 15) is 9.90 Å². The molecule has 0 aliphatic rings. The van der Waals surface area contributed by atoms with Crippen molar-refractivity contribution in [2.75, 3.05) is 0 Å². The number of benzene rings is 1. The first-order chi connectivity index (χ1) is 11.6. The molecule has 0 saturated heterocycles. The van der Waals surface area contributed by atoms with Gasteiger partial charge in [-0.25, -0.2) is 4.79 Å². The first-order valence-electron chi connectivity index (χ1n) is 9.02. The van der Waals surface area contributed by atoms with Crippen molar-refractivity contribution in [2.24, 2.45) is 0 Å². The summed E-state index contributed by atoms with van der Waals surface area (Å²) in [4.78, 5) is 12.0. The summed E-state index contributed by atoms with van der Waals surface area (Å²) in [7, 11) is 0. The number of carboxylic acid groups (broad SMARTS) is 1. The van der Waals surface area contributed by atoms with Crippen molar-refractivity contribution in [1.29, 1.82) is 0 Å². The van der Waals surface area contributed by atoms with E-state index in [0.717, 1.165) is 24.8 Å². The molecule has 4 heteroatoms. The Morgan fingerprint density at radius 3 is 2.40 bits per heavy atom. The second-order valence-corrected chi connectivity index (χ2v) is 7.50. The fourth-order valence-corrected chi connectivity index (χ4v) is 2.66. The van der Waals surface area contributed by atoms with Gasteiger partial charge in [0.1, 0.15) is 22.7 Å². The molecule has 0 saturated carbocycles. The molecule has 1 rings (SSSR count). The Bertz CT molecular complexity index is 609. The maximum Gasteiger partial charge on any atom is 0.339 e. The largest absolute Gasteiger partial charge is 0.489 e. The number of carboxylic acids is 1. The molecule has 0 atom stereocenters. The van der Waals surface area contributed by atoms with Crippen LogP contribution in [0.25, 0.3) is 6.08 Å². The lowest BCUT2D eigenvalue weighted by Crippen LogP contribution is -2.24. The molecule has 0 aliphatic heterocycles. The standard InChI is InChI=1S/C21H32O4/c1-8-10-11-12-15-13-17(25-21(5,6)7)16(9-2)19(24-14(3)4)18(15)20(22)23/h9,13-14H,2,8,10-12H2,1,3-7H3,(H,22,23). The first-order valence-corrected chi connectivity index (χ1v) is 9.02. The molecular formula is C21H32O4. The van der Waals surface area contributed by atoms with Gasteiger partial charge in [-0.2, -0.15) is 0 Å². The van der Waals surface area contributed by atoms with E-state index >= 15 is 0 Å². The molecule has 0 bridgehead atoms.